The van der Waals surface area contributed by atoms with Gasteiger partial charge in [0.25, 0.3) is 5.82 Å². The largest absolute Gasteiger partial charge is 0.460 e. The van der Waals surface area contributed by atoms with Crippen molar-refractivity contribution in [3.8, 4) is 0 Å². The van der Waals surface area contributed by atoms with Gasteiger partial charge >= 0.3 is 5.97 Å². The van der Waals surface area contributed by atoms with Gasteiger partial charge in [0.1, 0.15) is 6.33 Å². The first-order valence-corrected chi connectivity index (χ1v) is 5.60. The number of hydrogen-bond donors (Lipinski definition) is 1. The monoisotopic (exact) mass is 224 g/mol. The summed E-state index contributed by atoms with van der Waals surface area (Å²) in [6, 6.07) is 0.344. The summed E-state index contributed by atoms with van der Waals surface area (Å²) >= 11 is 0. The number of rotatable bonds is 3. The van der Waals surface area contributed by atoms with E-state index >= 15 is 0 Å². The van der Waals surface area contributed by atoms with E-state index in [9.17, 15) is 4.79 Å². The number of hydrogen-bond acceptors (Lipinski definition) is 5. The van der Waals surface area contributed by atoms with Gasteiger partial charge in [-0.15, -0.1) is 5.10 Å². The number of nitrogens with one attached hydrogen (secondary N) is 1. The third-order valence-corrected chi connectivity index (χ3v) is 2.65. The van der Waals surface area contributed by atoms with E-state index in [4.69, 9.17) is 4.74 Å². The molecule has 0 radical (unpaired) electrons. The average Bonchev–Trinajstić information content (AvgIpc) is 2.80. The van der Waals surface area contributed by atoms with Crippen LogP contribution in [0.1, 0.15) is 36.4 Å². The Bertz CT molecular complexity index is 357. The Morgan fingerprint density at radius 2 is 2.38 bits per heavy atom. The number of nitrogens with zero attached hydrogens (tertiary/aromatic N) is 3. The number of carbonyl (C=O) groups is 1. The van der Waals surface area contributed by atoms with Gasteiger partial charge in [-0.05, 0) is 32.9 Å². The van der Waals surface area contributed by atoms with E-state index in [2.05, 4.69) is 15.4 Å². The van der Waals surface area contributed by atoms with Crippen LogP contribution in [0.4, 0.5) is 0 Å². The molecule has 1 aliphatic rings. The van der Waals surface area contributed by atoms with E-state index in [1.54, 1.807) is 17.9 Å². The van der Waals surface area contributed by atoms with E-state index in [0.29, 0.717) is 12.6 Å². The molecule has 0 aliphatic carbocycles. The zero-order valence-corrected chi connectivity index (χ0v) is 9.35. The van der Waals surface area contributed by atoms with E-state index in [1.807, 2.05) is 0 Å². The Hall–Kier alpha value is -1.43. The minimum Gasteiger partial charge on any atom is -0.460 e. The molecule has 0 saturated carbocycles. The summed E-state index contributed by atoms with van der Waals surface area (Å²) in [5.41, 5.74) is 0. The van der Waals surface area contributed by atoms with Gasteiger partial charge in [0, 0.05) is 0 Å². The minimum absolute atomic E-state index is 0.153. The molecule has 1 fully saturated rings. The highest BCUT2D eigenvalue weighted by Gasteiger charge is 2.19. The van der Waals surface area contributed by atoms with Crippen molar-refractivity contribution in [3.05, 3.63) is 12.2 Å². The first kappa shape index (κ1) is 11.1. The fraction of sp³-hybridized carbons (Fsp3) is 0.700. The summed E-state index contributed by atoms with van der Waals surface area (Å²) in [4.78, 5) is 15.3. The highest BCUT2D eigenvalue weighted by Crippen LogP contribution is 2.16. The van der Waals surface area contributed by atoms with Gasteiger partial charge in [-0.25, -0.2) is 14.5 Å². The molecule has 0 atom stereocenters. The lowest BCUT2D eigenvalue weighted by molar-refractivity contribution is 0.0511. The Kier molecular flexibility index (Phi) is 3.51. The van der Waals surface area contributed by atoms with E-state index < -0.39 is 5.97 Å². The molecule has 2 rings (SSSR count). The van der Waals surface area contributed by atoms with Crippen molar-refractivity contribution in [1.82, 2.24) is 20.1 Å². The van der Waals surface area contributed by atoms with E-state index in [-0.39, 0.29) is 5.82 Å². The number of ether oxygens (including phenoxy) is 1. The predicted molar refractivity (Wildman–Crippen MR) is 57.1 cm³/mol. The molecule has 6 heteroatoms. The van der Waals surface area contributed by atoms with Gasteiger partial charge in [-0.1, -0.05) is 0 Å². The normalized spacial score (nSPS) is 17.3. The molecule has 0 spiro atoms. The van der Waals surface area contributed by atoms with Crippen LogP contribution >= 0.6 is 0 Å². The first-order chi connectivity index (χ1) is 7.81. The SMILES string of the molecule is CCOC(=O)c1ncn(C2CCNCC2)n1. The van der Waals surface area contributed by atoms with Gasteiger partial charge < -0.3 is 10.1 Å². The Morgan fingerprint density at radius 1 is 1.62 bits per heavy atom. The lowest BCUT2D eigenvalue weighted by Crippen LogP contribution is -2.29. The molecule has 16 heavy (non-hydrogen) atoms. The van der Waals surface area contributed by atoms with Crippen molar-refractivity contribution in [2.24, 2.45) is 0 Å². The van der Waals surface area contributed by atoms with Crippen LogP contribution in [-0.2, 0) is 4.74 Å². The van der Waals surface area contributed by atoms with Gasteiger partial charge in [0.2, 0.25) is 0 Å². The second-order valence-corrected chi connectivity index (χ2v) is 3.75. The van der Waals surface area contributed by atoms with Crippen LogP contribution in [0.5, 0.6) is 0 Å². The number of carbonyl (C=O) groups excluding carboxylic acids is 1. The highest BCUT2D eigenvalue weighted by atomic mass is 16.5. The molecule has 1 N–H and O–H groups in total. The first-order valence-electron chi connectivity index (χ1n) is 5.60. The summed E-state index contributed by atoms with van der Waals surface area (Å²) < 4.78 is 6.61. The second kappa shape index (κ2) is 5.07. The smallest absolute Gasteiger partial charge is 0.378 e. The van der Waals surface area contributed by atoms with Crippen molar-refractivity contribution >= 4 is 5.97 Å². The predicted octanol–water partition coefficient (Wildman–Crippen LogP) is 0.379. The molecule has 1 aromatic heterocycles. The van der Waals surface area contributed by atoms with Gasteiger partial charge in [-0.2, -0.15) is 0 Å². The van der Waals surface area contributed by atoms with Crippen LogP contribution in [0.3, 0.4) is 0 Å². The molecule has 1 aromatic rings. The summed E-state index contributed by atoms with van der Waals surface area (Å²) in [6.07, 6.45) is 3.65. The molecule has 88 valence electrons. The Morgan fingerprint density at radius 3 is 3.06 bits per heavy atom. The number of aromatic nitrogens is 3. The highest BCUT2D eigenvalue weighted by molar-refractivity contribution is 5.84. The van der Waals surface area contributed by atoms with Crippen LogP contribution in [-0.4, -0.2) is 40.4 Å². The quantitative estimate of drug-likeness (QED) is 0.752. The zero-order valence-electron chi connectivity index (χ0n) is 9.35. The van der Waals surface area contributed by atoms with Crippen molar-refractivity contribution < 1.29 is 9.53 Å². The average molecular weight is 224 g/mol. The maximum atomic E-state index is 11.4. The molecule has 2 heterocycles. The molecule has 0 amide bonds. The summed E-state index contributed by atoms with van der Waals surface area (Å²) in [5, 5.41) is 7.44. The maximum Gasteiger partial charge on any atom is 0.378 e. The molecule has 6 nitrogen and oxygen atoms in total. The van der Waals surface area contributed by atoms with Crippen molar-refractivity contribution in [1.29, 1.82) is 0 Å². The molecular weight excluding hydrogens is 208 g/mol. The van der Waals surface area contributed by atoms with Crippen LogP contribution in [0.2, 0.25) is 0 Å². The number of piperidine rings is 1. The van der Waals surface area contributed by atoms with E-state index in [1.165, 1.54) is 0 Å². The number of esters is 1. The Balaban J connectivity index is 2.03. The lowest BCUT2D eigenvalue weighted by Gasteiger charge is -2.22. The fourth-order valence-corrected chi connectivity index (χ4v) is 1.81. The van der Waals surface area contributed by atoms with Gasteiger partial charge in [-0.3, -0.25) is 0 Å². The third kappa shape index (κ3) is 2.38. The molecule has 0 bridgehead atoms. The standard InChI is InChI=1S/C10H16N4O2/c1-2-16-10(15)9-12-7-14(13-9)8-3-5-11-6-4-8/h7-8,11H,2-6H2,1H3. The van der Waals surface area contributed by atoms with Crippen LogP contribution in [0.15, 0.2) is 6.33 Å². The van der Waals surface area contributed by atoms with Gasteiger partial charge in [0.15, 0.2) is 0 Å². The van der Waals surface area contributed by atoms with Crippen LogP contribution < -0.4 is 5.32 Å². The summed E-state index contributed by atoms with van der Waals surface area (Å²) in [5.74, 6) is -0.296. The van der Waals surface area contributed by atoms with Crippen LogP contribution in [0, 0.1) is 0 Å². The Labute approximate surface area is 94.0 Å². The second-order valence-electron chi connectivity index (χ2n) is 3.75. The molecule has 0 aromatic carbocycles. The molecular formula is C10H16N4O2. The zero-order chi connectivity index (χ0) is 11.4. The molecule has 0 unspecified atom stereocenters. The fourth-order valence-electron chi connectivity index (χ4n) is 1.81. The lowest BCUT2D eigenvalue weighted by atomic mass is 10.1. The summed E-state index contributed by atoms with van der Waals surface area (Å²) in [7, 11) is 0. The van der Waals surface area contributed by atoms with Gasteiger partial charge in [0.05, 0.1) is 12.6 Å². The maximum absolute atomic E-state index is 11.4. The molecule has 1 saturated heterocycles. The van der Waals surface area contributed by atoms with E-state index in [0.717, 1.165) is 25.9 Å². The van der Waals surface area contributed by atoms with Crippen LogP contribution in [0.25, 0.3) is 0 Å². The van der Waals surface area contributed by atoms with Crippen molar-refractivity contribution in [2.45, 2.75) is 25.8 Å². The minimum atomic E-state index is -0.449. The topological polar surface area (TPSA) is 69.0 Å². The molecule has 1 aliphatic heterocycles. The van der Waals surface area contributed by atoms with Crippen molar-refractivity contribution in [2.75, 3.05) is 19.7 Å². The van der Waals surface area contributed by atoms with Crippen molar-refractivity contribution in [3.63, 3.8) is 0 Å². The summed E-state index contributed by atoms with van der Waals surface area (Å²) in [6.45, 7) is 4.08. The third-order valence-electron chi connectivity index (χ3n) is 2.65.